The van der Waals surface area contributed by atoms with Gasteiger partial charge in [0.05, 0.1) is 18.1 Å². The van der Waals surface area contributed by atoms with E-state index in [0.717, 1.165) is 10.8 Å². The molecule has 21 heteroatoms. The van der Waals surface area contributed by atoms with Gasteiger partial charge in [0.15, 0.2) is 11.5 Å². The second-order valence-electron chi connectivity index (χ2n) is 6.96. The molecule has 1 aliphatic heterocycles. The van der Waals surface area contributed by atoms with Gasteiger partial charge in [-0.15, -0.1) is 0 Å². The van der Waals surface area contributed by atoms with E-state index in [1.165, 1.54) is 6.92 Å². The predicted molar refractivity (Wildman–Crippen MR) is 106 cm³/mol. The maximum Gasteiger partial charge on any atom is 0.490 e. The summed E-state index contributed by atoms with van der Waals surface area (Å²) in [7, 11) is -16.7. The Morgan fingerprint density at radius 2 is 1.91 bits per heavy atom. The first-order valence-electron chi connectivity index (χ1n) is 8.55. The number of aromatic nitrogens is 3. The molecule has 2 aromatic rings. The van der Waals surface area contributed by atoms with Crippen molar-refractivity contribution in [1.82, 2.24) is 14.5 Å². The van der Waals surface area contributed by atoms with E-state index < -0.39 is 53.8 Å². The monoisotopic (exact) mass is 556 g/mol. The average molecular weight is 557 g/mol. The number of hydrogen-bond acceptors (Lipinski definition) is 11. The van der Waals surface area contributed by atoms with Crippen molar-refractivity contribution in [1.29, 1.82) is 0 Å². The Labute approximate surface area is 188 Å². The van der Waals surface area contributed by atoms with Crippen molar-refractivity contribution in [3.05, 3.63) is 17.3 Å². The van der Waals surface area contributed by atoms with E-state index in [1.54, 1.807) is 0 Å². The smallest absolute Gasteiger partial charge is 0.390 e. The number of fused-ring (bicyclic) bond motifs is 1. The minimum atomic E-state index is -5.72. The number of nitrogen functional groups attached to an aromatic ring is 1. The Bertz CT molecular complexity index is 1220. The second kappa shape index (κ2) is 8.88. The second-order valence-corrected chi connectivity index (χ2v) is 11.7. The van der Waals surface area contributed by atoms with Crippen LogP contribution in [0.25, 0.3) is 11.0 Å². The predicted octanol–water partition coefficient (Wildman–Crippen LogP) is 1.19. The number of phosphoric acid groups is 3. The van der Waals surface area contributed by atoms with Crippen LogP contribution in [0.15, 0.2) is 6.20 Å². The van der Waals surface area contributed by atoms with Gasteiger partial charge in [0.1, 0.15) is 17.6 Å². The van der Waals surface area contributed by atoms with Gasteiger partial charge in [0.2, 0.25) is 5.28 Å². The highest BCUT2D eigenvalue weighted by atomic mass is 35.5. The molecular weight excluding hydrogens is 540 g/mol. The largest absolute Gasteiger partial charge is 0.490 e. The lowest BCUT2D eigenvalue weighted by atomic mass is 10.0. The summed E-state index contributed by atoms with van der Waals surface area (Å²) in [5, 5.41) is 9.97. The summed E-state index contributed by atoms with van der Waals surface area (Å²) in [5.41, 5.74) is 3.86. The van der Waals surface area contributed by atoms with E-state index in [4.69, 9.17) is 31.9 Å². The van der Waals surface area contributed by atoms with E-state index in [-0.39, 0.29) is 28.6 Å². The van der Waals surface area contributed by atoms with Gasteiger partial charge in [0.25, 0.3) is 0 Å². The number of anilines is 1. The van der Waals surface area contributed by atoms with Gasteiger partial charge in [-0.05, 0) is 18.5 Å². The van der Waals surface area contributed by atoms with Crippen LogP contribution in [0.3, 0.4) is 0 Å². The van der Waals surface area contributed by atoms with Crippen molar-refractivity contribution in [2.45, 2.75) is 31.3 Å². The molecule has 0 radical (unpaired) electrons. The van der Waals surface area contributed by atoms with Crippen LogP contribution in [0.4, 0.5) is 10.2 Å². The molecule has 33 heavy (non-hydrogen) atoms. The fourth-order valence-electron chi connectivity index (χ4n) is 3.01. The molecule has 2 aromatic heterocycles. The average Bonchev–Trinajstić information content (AvgIpc) is 3.07. The van der Waals surface area contributed by atoms with Crippen LogP contribution in [0.5, 0.6) is 0 Å². The van der Waals surface area contributed by atoms with Crippen LogP contribution in [0.2, 0.25) is 5.28 Å². The lowest BCUT2D eigenvalue weighted by Gasteiger charge is -2.28. The number of aliphatic hydroxyl groups is 1. The Morgan fingerprint density at radius 3 is 2.52 bits per heavy atom. The normalized spacial score (nSPS) is 27.5. The summed E-state index contributed by atoms with van der Waals surface area (Å²) in [6, 6.07) is 0. The highest BCUT2D eigenvalue weighted by molar-refractivity contribution is 7.66. The number of rotatable bonds is 8. The first-order valence-corrected chi connectivity index (χ1v) is 13.4. The summed E-state index contributed by atoms with van der Waals surface area (Å²) < 4.78 is 66.9. The SMILES string of the molecule is C[C@]1(COP(=O)(O)OP(=O)(O)OP(=O)(O)O)O[C@@H](n2cc(F)c3c(N)nc(Cl)nc32)C[C@@H]1O. The molecule has 1 aliphatic rings. The van der Waals surface area contributed by atoms with Gasteiger partial charge < -0.3 is 39.7 Å². The van der Waals surface area contributed by atoms with Crippen molar-refractivity contribution in [2.75, 3.05) is 12.3 Å². The zero-order chi connectivity index (χ0) is 25.0. The maximum atomic E-state index is 14.4. The van der Waals surface area contributed by atoms with Crippen LogP contribution in [-0.2, 0) is 31.6 Å². The third-order valence-corrected chi connectivity index (χ3v) is 8.35. The van der Waals surface area contributed by atoms with E-state index >= 15 is 0 Å². The van der Waals surface area contributed by atoms with Crippen molar-refractivity contribution < 1.29 is 60.6 Å². The molecule has 0 amide bonds. The van der Waals surface area contributed by atoms with Crippen molar-refractivity contribution in [2.24, 2.45) is 0 Å². The number of hydrogen-bond donors (Lipinski definition) is 6. The number of ether oxygens (including phenoxy) is 1. The summed E-state index contributed by atoms with van der Waals surface area (Å²) in [4.78, 5) is 43.4. The third kappa shape index (κ3) is 6.16. The molecule has 0 aromatic carbocycles. The van der Waals surface area contributed by atoms with Gasteiger partial charge in [-0.3, -0.25) is 4.52 Å². The van der Waals surface area contributed by atoms with Crippen molar-refractivity contribution in [3.8, 4) is 0 Å². The molecule has 3 heterocycles. The number of nitrogens with two attached hydrogens (primary N) is 1. The van der Waals surface area contributed by atoms with E-state index in [1.807, 2.05) is 0 Å². The lowest BCUT2D eigenvalue weighted by molar-refractivity contribution is -0.113. The Balaban J connectivity index is 1.76. The Kier molecular flexibility index (Phi) is 7.15. The zero-order valence-corrected chi connectivity index (χ0v) is 19.7. The summed E-state index contributed by atoms with van der Waals surface area (Å²) >= 11 is 5.77. The molecule has 16 nitrogen and oxygen atoms in total. The molecule has 0 bridgehead atoms. The first-order chi connectivity index (χ1) is 14.9. The van der Waals surface area contributed by atoms with Crippen molar-refractivity contribution in [3.63, 3.8) is 0 Å². The Morgan fingerprint density at radius 1 is 1.27 bits per heavy atom. The van der Waals surface area contributed by atoms with E-state index in [9.17, 15) is 33.0 Å². The van der Waals surface area contributed by atoms with Crippen LogP contribution >= 0.6 is 35.1 Å². The molecule has 2 unspecified atom stereocenters. The highest BCUT2D eigenvalue weighted by Gasteiger charge is 2.48. The fourth-order valence-corrected chi connectivity index (χ4v) is 6.30. The summed E-state index contributed by atoms with van der Waals surface area (Å²) in [5.74, 6) is -1.05. The highest BCUT2D eigenvalue weighted by Crippen LogP contribution is 2.66. The quantitative estimate of drug-likeness (QED) is 0.197. The topological polar surface area (TPSA) is 246 Å². The molecule has 3 rings (SSSR count). The third-order valence-electron chi connectivity index (χ3n) is 4.40. The van der Waals surface area contributed by atoms with Crippen LogP contribution in [0, 0.1) is 5.82 Å². The molecule has 1 fully saturated rings. The van der Waals surface area contributed by atoms with Gasteiger partial charge in [-0.1, -0.05) is 0 Å². The zero-order valence-electron chi connectivity index (χ0n) is 16.3. The molecular formula is C12H17ClFN4O12P3. The minimum Gasteiger partial charge on any atom is -0.390 e. The van der Waals surface area contributed by atoms with Crippen LogP contribution < -0.4 is 5.73 Å². The standard InChI is InChI=1S/C12H17ClFN4O12P3/c1-12(4-27-32(23,24)30-33(25,26)29-31(20,21)22)6(19)2-7(28-12)18-3-5(14)8-9(15)16-11(13)17-10(8)18/h3,6-7,19H,2,4H2,1H3,(H,23,24)(H,25,26)(H2,15,16,17)(H2,20,21,22)/t6-,7+,12+/m0/s1. The van der Waals surface area contributed by atoms with Crippen LogP contribution in [0.1, 0.15) is 19.6 Å². The Hall–Kier alpha value is -1.03. The van der Waals surface area contributed by atoms with Gasteiger partial charge in [0, 0.05) is 12.6 Å². The molecule has 7 N–H and O–H groups in total. The molecule has 186 valence electrons. The molecule has 5 atom stereocenters. The van der Waals surface area contributed by atoms with Crippen molar-refractivity contribution >= 4 is 51.9 Å². The molecule has 0 spiro atoms. The van der Waals surface area contributed by atoms with Gasteiger partial charge in [-0.2, -0.15) is 13.6 Å². The molecule has 0 aliphatic carbocycles. The van der Waals surface area contributed by atoms with Crippen LogP contribution in [-0.4, -0.2) is 57.5 Å². The number of aliphatic hydroxyl groups excluding tert-OH is 1. The minimum absolute atomic E-state index is 0.0562. The first kappa shape index (κ1) is 26.6. The molecule has 1 saturated heterocycles. The van der Waals surface area contributed by atoms with Gasteiger partial charge in [-0.25, -0.2) is 23.1 Å². The maximum absolute atomic E-state index is 14.4. The number of nitrogens with zero attached hydrogens (tertiary/aromatic N) is 3. The number of phosphoric ester groups is 1. The number of halogens is 2. The molecule has 0 saturated carbocycles. The van der Waals surface area contributed by atoms with E-state index in [2.05, 4.69) is 23.1 Å². The summed E-state index contributed by atoms with van der Waals surface area (Å²) in [6.07, 6.45) is -1.70. The van der Waals surface area contributed by atoms with E-state index in [0.29, 0.717) is 0 Å². The van der Waals surface area contributed by atoms with Gasteiger partial charge >= 0.3 is 23.5 Å². The lowest BCUT2D eigenvalue weighted by Crippen LogP contribution is -2.40. The summed E-state index contributed by atoms with van der Waals surface area (Å²) in [6.45, 7) is 0.314. The fraction of sp³-hybridized carbons (Fsp3) is 0.500.